The predicted octanol–water partition coefficient (Wildman–Crippen LogP) is 0.814. The highest BCUT2D eigenvalue weighted by atomic mass is 19.1. The van der Waals surface area contributed by atoms with Crippen molar-refractivity contribution < 1.29 is 14.0 Å². The lowest BCUT2D eigenvalue weighted by molar-refractivity contribution is -0.122. The Morgan fingerprint density at radius 1 is 1.19 bits per heavy atom. The third-order valence-electron chi connectivity index (χ3n) is 3.42. The van der Waals surface area contributed by atoms with Crippen LogP contribution in [0.1, 0.15) is 29.6 Å². The van der Waals surface area contributed by atoms with Gasteiger partial charge in [0.1, 0.15) is 5.82 Å². The molecule has 2 rings (SSSR count). The van der Waals surface area contributed by atoms with E-state index in [0.717, 1.165) is 19.4 Å². The van der Waals surface area contributed by atoms with Gasteiger partial charge in [0.25, 0.3) is 5.91 Å². The molecule has 1 aromatic carbocycles. The summed E-state index contributed by atoms with van der Waals surface area (Å²) in [7, 11) is 0. The highest BCUT2D eigenvalue weighted by Crippen LogP contribution is 2.04. The van der Waals surface area contributed by atoms with Crippen molar-refractivity contribution in [2.45, 2.75) is 25.3 Å². The van der Waals surface area contributed by atoms with Gasteiger partial charge in [-0.1, -0.05) is 0 Å². The smallest absolute Gasteiger partial charge is 0.251 e. The molecule has 0 bridgehead atoms. The largest absolute Gasteiger partial charge is 0.355 e. The number of hydrogen-bond donors (Lipinski definition) is 3. The Balaban J connectivity index is 1.60. The average Bonchev–Trinajstić information content (AvgIpc) is 3.01. The third kappa shape index (κ3) is 4.82. The first-order chi connectivity index (χ1) is 10.2. The van der Waals surface area contributed by atoms with Gasteiger partial charge < -0.3 is 16.0 Å². The molecule has 2 amide bonds. The molecule has 114 valence electrons. The van der Waals surface area contributed by atoms with E-state index in [1.54, 1.807) is 0 Å². The second kappa shape index (κ2) is 7.73. The van der Waals surface area contributed by atoms with Gasteiger partial charge in [-0.05, 0) is 50.1 Å². The number of amides is 2. The number of benzene rings is 1. The molecular weight excluding hydrogens is 273 g/mol. The zero-order valence-corrected chi connectivity index (χ0v) is 11.8. The number of carbonyl (C=O) groups excluding carboxylic acids is 2. The molecule has 1 heterocycles. The molecule has 1 aliphatic heterocycles. The lowest BCUT2D eigenvalue weighted by atomic mass is 10.2. The number of rotatable bonds is 6. The van der Waals surface area contributed by atoms with Crippen molar-refractivity contribution in [3.8, 4) is 0 Å². The third-order valence-corrected chi connectivity index (χ3v) is 3.42. The van der Waals surface area contributed by atoms with Crippen LogP contribution < -0.4 is 16.0 Å². The summed E-state index contributed by atoms with van der Waals surface area (Å²) in [6.07, 6.45) is 2.57. The molecule has 1 saturated heterocycles. The lowest BCUT2D eigenvalue weighted by Gasteiger charge is -2.11. The van der Waals surface area contributed by atoms with Crippen molar-refractivity contribution >= 4 is 11.8 Å². The van der Waals surface area contributed by atoms with E-state index >= 15 is 0 Å². The number of hydrogen-bond acceptors (Lipinski definition) is 3. The van der Waals surface area contributed by atoms with E-state index < -0.39 is 0 Å². The number of carbonyl (C=O) groups is 2. The minimum absolute atomic E-state index is 0.0253. The Kier molecular flexibility index (Phi) is 5.68. The number of nitrogens with one attached hydrogen (secondary N) is 3. The fraction of sp³-hybridized carbons (Fsp3) is 0.467. The summed E-state index contributed by atoms with van der Waals surface area (Å²) in [5.74, 6) is -0.578. The molecule has 0 spiro atoms. The quantitative estimate of drug-likeness (QED) is 0.680. The molecule has 1 aromatic rings. The zero-order chi connectivity index (χ0) is 15.1. The average molecular weight is 293 g/mol. The molecule has 6 heteroatoms. The van der Waals surface area contributed by atoms with Gasteiger partial charge in [0, 0.05) is 18.7 Å². The van der Waals surface area contributed by atoms with Crippen LogP contribution in [0.25, 0.3) is 0 Å². The first-order valence-electron chi connectivity index (χ1n) is 7.21. The fourth-order valence-corrected chi connectivity index (χ4v) is 2.24. The van der Waals surface area contributed by atoms with Crippen molar-refractivity contribution in [1.29, 1.82) is 0 Å². The summed E-state index contributed by atoms with van der Waals surface area (Å²) in [6, 6.07) is 5.32. The van der Waals surface area contributed by atoms with E-state index in [2.05, 4.69) is 16.0 Å². The van der Waals surface area contributed by atoms with Gasteiger partial charge in [-0.2, -0.15) is 0 Å². The molecule has 1 fully saturated rings. The SMILES string of the molecule is O=C(NCCCNC(=O)C1CCCN1)c1ccc(F)cc1. The van der Waals surface area contributed by atoms with Crippen molar-refractivity contribution in [1.82, 2.24) is 16.0 Å². The van der Waals surface area contributed by atoms with Gasteiger partial charge in [-0.25, -0.2) is 4.39 Å². The van der Waals surface area contributed by atoms with Crippen LogP contribution in [0.4, 0.5) is 4.39 Å². The Labute approximate surface area is 123 Å². The van der Waals surface area contributed by atoms with Gasteiger partial charge in [0.15, 0.2) is 0 Å². The summed E-state index contributed by atoms with van der Waals surface area (Å²) in [5, 5.41) is 8.71. The molecule has 21 heavy (non-hydrogen) atoms. The molecule has 1 aliphatic rings. The molecule has 5 nitrogen and oxygen atoms in total. The van der Waals surface area contributed by atoms with Crippen LogP contribution >= 0.6 is 0 Å². The molecule has 0 saturated carbocycles. The maximum Gasteiger partial charge on any atom is 0.251 e. The lowest BCUT2D eigenvalue weighted by Crippen LogP contribution is -2.41. The van der Waals surface area contributed by atoms with Crippen molar-refractivity contribution in [3.05, 3.63) is 35.6 Å². The topological polar surface area (TPSA) is 70.2 Å². The number of halogens is 1. The first kappa shape index (κ1) is 15.4. The van der Waals surface area contributed by atoms with Crippen LogP contribution in [0.3, 0.4) is 0 Å². The summed E-state index contributed by atoms with van der Waals surface area (Å²) < 4.78 is 12.7. The van der Waals surface area contributed by atoms with Crippen molar-refractivity contribution in [2.75, 3.05) is 19.6 Å². The monoisotopic (exact) mass is 293 g/mol. The minimum Gasteiger partial charge on any atom is -0.355 e. The first-order valence-corrected chi connectivity index (χ1v) is 7.21. The Morgan fingerprint density at radius 2 is 1.90 bits per heavy atom. The molecule has 0 aromatic heterocycles. The highest BCUT2D eigenvalue weighted by Gasteiger charge is 2.21. The van der Waals surface area contributed by atoms with Gasteiger partial charge in [0.05, 0.1) is 6.04 Å². The van der Waals surface area contributed by atoms with Crippen LogP contribution in [-0.2, 0) is 4.79 Å². The van der Waals surface area contributed by atoms with E-state index in [4.69, 9.17) is 0 Å². The Bertz CT molecular complexity index is 484. The van der Waals surface area contributed by atoms with Gasteiger partial charge >= 0.3 is 0 Å². The second-order valence-corrected chi connectivity index (χ2v) is 5.06. The fourth-order valence-electron chi connectivity index (χ4n) is 2.24. The maximum atomic E-state index is 12.7. The van der Waals surface area contributed by atoms with Crippen LogP contribution in [0.5, 0.6) is 0 Å². The van der Waals surface area contributed by atoms with E-state index in [9.17, 15) is 14.0 Å². The van der Waals surface area contributed by atoms with Crippen molar-refractivity contribution in [2.24, 2.45) is 0 Å². The minimum atomic E-state index is -0.366. The van der Waals surface area contributed by atoms with E-state index in [1.807, 2.05) is 0 Å². The summed E-state index contributed by atoms with van der Waals surface area (Å²) in [5.41, 5.74) is 0.426. The summed E-state index contributed by atoms with van der Waals surface area (Å²) in [6.45, 7) is 1.89. The standard InChI is InChI=1S/C15H20FN3O2/c16-12-6-4-11(5-7-12)14(20)18-9-2-10-19-15(21)13-3-1-8-17-13/h4-7,13,17H,1-3,8-10H2,(H,18,20)(H,19,21). The molecule has 3 N–H and O–H groups in total. The summed E-state index contributed by atoms with van der Waals surface area (Å²) in [4.78, 5) is 23.4. The highest BCUT2D eigenvalue weighted by molar-refractivity contribution is 5.94. The molecule has 0 radical (unpaired) electrons. The van der Waals surface area contributed by atoms with Gasteiger partial charge in [0.2, 0.25) is 5.91 Å². The van der Waals surface area contributed by atoms with E-state index in [1.165, 1.54) is 24.3 Å². The van der Waals surface area contributed by atoms with E-state index in [0.29, 0.717) is 25.1 Å². The van der Waals surface area contributed by atoms with Crippen molar-refractivity contribution in [3.63, 3.8) is 0 Å². The van der Waals surface area contributed by atoms with Gasteiger partial charge in [-0.15, -0.1) is 0 Å². The van der Waals surface area contributed by atoms with Crippen LogP contribution in [0, 0.1) is 5.82 Å². The van der Waals surface area contributed by atoms with Gasteiger partial charge in [-0.3, -0.25) is 9.59 Å². The molecule has 0 aliphatic carbocycles. The van der Waals surface area contributed by atoms with E-state index in [-0.39, 0.29) is 23.7 Å². The Hall–Kier alpha value is -1.95. The molecule has 1 atom stereocenters. The molecular formula is C15H20FN3O2. The Morgan fingerprint density at radius 3 is 2.57 bits per heavy atom. The van der Waals surface area contributed by atoms with Crippen LogP contribution in [0.2, 0.25) is 0 Å². The summed E-state index contributed by atoms with van der Waals surface area (Å²) >= 11 is 0. The molecule has 1 unspecified atom stereocenters. The second-order valence-electron chi connectivity index (χ2n) is 5.06. The zero-order valence-electron chi connectivity index (χ0n) is 11.8. The normalized spacial score (nSPS) is 17.5. The maximum absolute atomic E-state index is 12.7. The van der Waals surface area contributed by atoms with Crippen LogP contribution in [0.15, 0.2) is 24.3 Å². The predicted molar refractivity (Wildman–Crippen MR) is 77.4 cm³/mol. The van der Waals surface area contributed by atoms with Crippen LogP contribution in [-0.4, -0.2) is 37.5 Å².